The van der Waals surface area contributed by atoms with Gasteiger partial charge < -0.3 is 4.74 Å². The van der Waals surface area contributed by atoms with Gasteiger partial charge in [0.1, 0.15) is 0 Å². The van der Waals surface area contributed by atoms with E-state index < -0.39 is 0 Å². The molecule has 0 aliphatic carbocycles. The Morgan fingerprint density at radius 1 is 1.40 bits per heavy atom. The predicted molar refractivity (Wildman–Crippen MR) is 61.3 cm³/mol. The number of benzene rings is 1. The molecule has 0 aromatic heterocycles. The summed E-state index contributed by atoms with van der Waals surface area (Å²) < 4.78 is 4.39. The molecule has 0 saturated heterocycles. The quantitative estimate of drug-likeness (QED) is 0.428. The van der Waals surface area contributed by atoms with Crippen LogP contribution in [0.2, 0.25) is 0 Å². The Morgan fingerprint density at radius 2 is 2.07 bits per heavy atom. The molecule has 0 saturated carbocycles. The topological polar surface area (TPSA) is 26.3 Å². The molecule has 0 heterocycles. The van der Waals surface area contributed by atoms with Crippen LogP contribution in [0.25, 0.3) is 0 Å². The zero-order chi connectivity index (χ0) is 11.4. The Morgan fingerprint density at radius 3 is 2.47 bits per heavy atom. The van der Waals surface area contributed by atoms with Crippen molar-refractivity contribution in [3.8, 4) is 12.3 Å². The maximum atomic E-state index is 9.46. The first-order chi connectivity index (χ1) is 7.35. The van der Waals surface area contributed by atoms with E-state index in [1.165, 1.54) is 0 Å². The minimum absolute atomic E-state index is 0.482. The fraction of sp³-hybridized carbons (Fsp3) is 0.308. The summed E-state index contributed by atoms with van der Waals surface area (Å²) in [6.07, 6.45) is 7.15. The van der Waals surface area contributed by atoms with E-state index in [1.54, 1.807) is 0 Å². The van der Waals surface area contributed by atoms with Crippen molar-refractivity contribution in [3.05, 3.63) is 35.9 Å². The molecule has 1 aromatic carbocycles. The molecular formula is C13H16O2. The second kappa shape index (κ2) is 10.3. The monoisotopic (exact) mass is 204 g/mol. The average Bonchev–Trinajstić information content (AvgIpc) is 2.32. The van der Waals surface area contributed by atoms with Gasteiger partial charge in [-0.25, -0.2) is 0 Å². The SMILES string of the molecule is C#Cc1ccccc1.CCCCOC=O. The van der Waals surface area contributed by atoms with Gasteiger partial charge in [-0.2, -0.15) is 0 Å². The van der Waals surface area contributed by atoms with Crippen LogP contribution in [0.3, 0.4) is 0 Å². The summed E-state index contributed by atoms with van der Waals surface area (Å²) in [5, 5.41) is 0. The van der Waals surface area contributed by atoms with E-state index >= 15 is 0 Å². The zero-order valence-corrected chi connectivity index (χ0v) is 8.98. The van der Waals surface area contributed by atoms with Crippen LogP contribution >= 0.6 is 0 Å². The van der Waals surface area contributed by atoms with Gasteiger partial charge in [0.05, 0.1) is 6.61 Å². The predicted octanol–water partition coefficient (Wildman–Crippen LogP) is 2.63. The molecule has 0 radical (unpaired) electrons. The molecule has 0 spiro atoms. The zero-order valence-electron chi connectivity index (χ0n) is 8.98. The van der Waals surface area contributed by atoms with Gasteiger partial charge in [0, 0.05) is 5.56 Å². The molecule has 2 nitrogen and oxygen atoms in total. The number of hydrogen-bond acceptors (Lipinski definition) is 2. The van der Waals surface area contributed by atoms with Crippen LogP contribution in [0, 0.1) is 12.3 Å². The summed E-state index contributed by atoms with van der Waals surface area (Å²) in [4.78, 5) is 9.46. The Kier molecular flexibility index (Phi) is 9.13. The highest BCUT2D eigenvalue weighted by atomic mass is 16.5. The molecule has 0 fully saturated rings. The third-order valence-electron chi connectivity index (χ3n) is 1.62. The van der Waals surface area contributed by atoms with Gasteiger partial charge in [0.25, 0.3) is 6.47 Å². The summed E-state index contributed by atoms with van der Waals surface area (Å²) in [5.74, 6) is 2.53. The van der Waals surface area contributed by atoms with Crippen LogP contribution in [-0.2, 0) is 9.53 Å². The van der Waals surface area contributed by atoms with Gasteiger partial charge in [-0.3, -0.25) is 4.79 Å². The number of carbonyl (C=O) groups excluding carboxylic acids is 1. The Bertz CT molecular complexity index is 285. The van der Waals surface area contributed by atoms with E-state index in [9.17, 15) is 4.79 Å². The second-order valence-corrected chi connectivity index (χ2v) is 2.83. The summed E-state index contributed by atoms with van der Waals surface area (Å²) in [7, 11) is 0. The molecule has 0 aliphatic heterocycles. The first-order valence-electron chi connectivity index (χ1n) is 4.92. The summed E-state index contributed by atoms with van der Waals surface area (Å²) in [6, 6.07) is 9.60. The van der Waals surface area contributed by atoms with Crippen LogP contribution in [-0.4, -0.2) is 13.1 Å². The van der Waals surface area contributed by atoms with E-state index in [-0.39, 0.29) is 0 Å². The maximum absolute atomic E-state index is 9.46. The number of hydrogen-bond donors (Lipinski definition) is 0. The molecule has 0 unspecified atom stereocenters. The van der Waals surface area contributed by atoms with Gasteiger partial charge >= 0.3 is 0 Å². The molecule has 0 amide bonds. The minimum Gasteiger partial charge on any atom is -0.468 e. The highest BCUT2D eigenvalue weighted by molar-refractivity contribution is 5.36. The molecule has 0 atom stereocenters. The second-order valence-electron chi connectivity index (χ2n) is 2.83. The van der Waals surface area contributed by atoms with Crippen LogP contribution < -0.4 is 0 Å². The summed E-state index contributed by atoms with van der Waals surface area (Å²) in [6.45, 7) is 3.10. The van der Waals surface area contributed by atoms with Gasteiger partial charge in [-0.15, -0.1) is 6.42 Å². The normalized spacial score (nSPS) is 8.00. The Labute approximate surface area is 91.3 Å². The van der Waals surface area contributed by atoms with Crippen molar-refractivity contribution in [3.63, 3.8) is 0 Å². The van der Waals surface area contributed by atoms with Crippen molar-refractivity contribution in [2.24, 2.45) is 0 Å². The van der Waals surface area contributed by atoms with Gasteiger partial charge in [0.15, 0.2) is 0 Å². The Hall–Kier alpha value is -1.75. The first kappa shape index (κ1) is 13.2. The van der Waals surface area contributed by atoms with E-state index in [4.69, 9.17) is 6.42 Å². The van der Waals surface area contributed by atoms with Gasteiger partial charge in [-0.1, -0.05) is 37.5 Å². The molecule has 0 N–H and O–H groups in total. The van der Waals surface area contributed by atoms with Crippen LogP contribution in [0.1, 0.15) is 25.3 Å². The third-order valence-corrected chi connectivity index (χ3v) is 1.62. The fourth-order valence-corrected chi connectivity index (χ4v) is 0.810. The number of rotatable bonds is 4. The van der Waals surface area contributed by atoms with Crippen molar-refractivity contribution in [1.29, 1.82) is 0 Å². The van der Waals surface area contributed by atoms with Crippen molar-refractivity contribution in [2.45, 2.75) is 19.8 Å². The fourth-order valence-electron chi connectivity index (χ4n) is 0.810. The van der Waals surface area contributed by atoms with E-state index in [2.05, 4.69) is 10.7 Å². The van der Waals surface area contributed by atoms with E-state index in [0.717, 1.165) is 18.4 Å². The average molecular weight is 204 g/mol. The van der Waals surface area contributed by atoms with Crippen molar-refractivity contribution >= 4 is 6.47 Å². The highest BCUT2D eigenvalue weighted by Gasteiger charge is 1.78. The maximum Gasteiger partial charge on any atom is 0.293 e. The number of unbranched alkanes of at least 4 members (excludes halogenated alkanes) is 1. The lowest BCUT2D eigenvalue weighted by molar-refractivity contribution is -0.128. The molecule has 2 heteroatoms. The van der Waals surface area contributed by atoms with Crippen LogP contribution in [0.5, 0.6) is 0 Å². The van der Waals surface area contributed by atoms with E-state index in [1.807, 2.05) is 37.3 Å². The number of carbonyl (C=O) groups is 1. The van der Waals surface area contributed by atoms with Crippen molar-refractivity contribution < 1.29 is 9.53 Å². The molecule has 80 valence electrons. The molecule has 0 aliphatic rings. The Balaban J connectivity index is 0.000000265. The van der Waals surface area contributed by atoms with Crippen molar-refractivity contribution in [2.75, 3.05) is 6.61 Å². The van der Waals surface area contributed by atoms with Gasteiger partial charge in [0.2, 0.25) is 0 Å². The van der Waals surface area contributed by atoms with Crippen molar-refractivity contribution in [1.82, 2.24) is 0 Å². The lowest BCUT2D eigenvalue weighted by Gasteiger charge is -1.90. The highest BCUT2D eigenvalue weighted by Crippen LogP contribution is 1.93. The third kappa shape index (κ3) is 8.58. The molecule has 15 heavy (non-hydrogen) atoms. The smallest absolute Gasteiger partial charge is 0.293 e. The lowest BCUT2D eigenvalue weighted by Crippen LogP contribution is -1.88. The molecular weight excluding hydrogens is 188 g/mol. The number of ether oxygens (including phenoxy) is 1. The van der Waals surface area contributed by atoms with E-state index in [0.29, 0.717) is 13.1 Å². The molecule has 1 rings (SSSR count). The minimum atomic E-state index is 0.482. The molecule has 0 bridgehead atoms. The summed E-state index contributed by atoms with van der Waals surface area (Å²) >= 11 is 0. The number of terminal acetylenes is 1. The first-order valence-corrected chi connectivity index (χ1v) is 4.92. The standard InChI is InChI=1S/C8H6.C5H10O2/c1-2-8-6-4-3-5-7-8;1-2-3-4-7-5-6/h1,3-7H;5H,2-4H2,1H3. The van der Waals surface area contributed by atoms with Gasteiger partial charge in [-0.05, 0) is 18.6 Å². The summed E-state index contributed by atoms with van der Waals surface area (Å²) in [5.41, 5.74) is 0.938. The lowest BCUT2D eigenvalue weighted by atomic mass is 10.2. The van der Waals surface area contributed by atoms with Crippen LogP contribution in [0.15, 0.2) is 30.3 Å². The largest absolute Gasteiger partial charge is 0.468 e. The molecule has 1 aromatic rings. The van der Waals surface area contributed by atoms with Crippen LogP contribution in [0.4, 0.5) is 0 Å².